The zero-order chi connectivity index (χ0) is 14.0. The van der Waals surface area contributed by atoms with Gasteiger partial charge in [-0.15, -0.1) is 0 Å². The highest BCUT2D eigenvalue weighted by Gasteiger charge is 2.20. The molecule has 1 N–H and O–H groups in total. The van der Waals surface area contributed by atoms with Crippen LogP contribution in [0, 0.1) is 11.8 Å². The summed E-state index contributed by atoms with van der Waals surface area (Å²) in [6, 6.07) is 0. The number of hydrogen-bond acceptors (Lipinski definition) is 2. The summed E-state index contributed by atoms with van der Waals surface area (Å²) in [7, 11) is 0. The van der Waals surface area contributed by atoms with E-state index in [9.17, 15) is 0 Å². The van der Waals surface area contributed by atoms with Gasteiger partial charge in [-0.2, -0.15) is 0 Å². The van der Waals surface area contributed by atoms with Crippen molar-refractivity contribution in [2.75, 3.05) is 13.1 Å². The Hall–Kier alpha value is -0.830. The van der Waals surface area contributed by atoms with Crippen LogP contribution in [0.25, 0.3) is 0 Å². The van der Waals surface area contributed by atoms with Crippen molar-refractivity contribution >= 4 is 0 Å². The second-order valence-corrected chi connectivity index (χ2v) is 6.39. The van der Waals surface area contributed by atoms with E-state index in [1.165, 1.54) is 57.9 Å². The van der Waals surface area contributed by atoms with Gasteiger partial charge in [0.05, 0.1) is 6.33 Å². The predicted octanol–water partition coefficient (Wildman–Crippen LogP) is 3.86. The highest BCUT2D eigenvalue weighted by atomic mass is 15.0. The number of hydrogen-bond donors (Lipinski definition) is 1. The Balaban J connectivity index is 1.46. The van der Waals surface area contributed by atoms with Crippen molar-refractivity contribution in [3.8, 4) is 0 Å². The molecule has 1 aliphatic carbocycles. The van der Waals surface area contributed by atoms with Crippen LogP contribution in [0.2, 0.25) is 0 Å². The largest absolute Gasteiger partial charge is 0.337 e. The van der Waals surface area contributed by atoms with Gasteiger partial charge in [-0.3, -0.25) is 0 Å². The van der Waals surface area contributed by atoms with E-state index in [2.05, 4.69) is 21.8 Å². The maximum absolute atomic E-state index is 4.07. The fraction of sp³-hybridized carbons (Fsp3) is 0.824. The summed E-state index contributed by atoms with van der Waals surface area (Å²) in [4.78, 5) is 4.07. The maximum Gasteiger partial charge on any atom is 0.0945 e. The van der Waals surface area contributed by atoms with Crippen LogP contribution in [0.1, 0.15) is 58.3 Å². The van der Waals surface area contributed by atoms with E-state index < -0.39 is 0 Å². The third kappa shape index (κ3) is 5.66. The highest BCUT2D eigenvalue weighted by Crippen LogP contribution is 2.31. The first-order valence-corrected chi connectivity index (χ1v) is 8.55. The average molecular weight is 277 g/mol. The number of unbranched alkanes of at least 4 members (excludes halogenated alkanes) is 1. The van der Waals surface area contributed by atoms with Crippen LogP contribution in [-0.4, -0.2) is 22.6 Å². The Morgan fingerprint density at radius 1 is 1.15 bits per heavy atom. The number of aryl methyl sites for hydroxylation is 1. The fourth-order valence-electron chi connectivity index (χ4n) is 3.33. The second kappa shape index (κ2) is 9.17. The van der Waals surface area contributed by atoms with E-state index in [0.29, 0.717) is 0 Å². The van der Waals surface area contributed by atoms with Crippen LogP contribution in [0.3, 0.4) is 0 Å². The molecule has 2 rings (SSSR count). The van der Waals surface area contributed by atoms with Gasteiger partial charge in [0.2, 0.25) is 0 Å². The van der Waals surface area contributed by atoms with E-state index in [-0.39, 0.29) is 0 Å². The van der Waals surface area contributed by atoms with Crippen LogP contribution >= 0.6 is 0 Å². The fourth-order valence-corrected chi connectivity index (χ4v) is 3.33. The Kier molecular flexibility index (Phi) is 7.13. The topological polar surface area (TPSA) is 29.9 Å². The van der Waals surface area contributed by atoms with Crippen molar-refractivity contribution < 1.29 is 0 Å². The number of aromatic nitrogens is 2. The van der Waals surface area contributed by atoms with E-state index >= 15 is 0 Å². The lowest BCUT2D eigenvalue weighted by atomic mass is 9.80. The zero-order valence-corrected chi connectivity index (χ0v) is 13.1. The van der Waals surface area contributed by atoms with Crippen molar-refractivity contribution in [2.24, 2.45) is 11.8 Å². The highest BCUT2D eigenvalue weighted by molar-refractivity contribution is 4.75. The first-order valence-electron chi connectivity index (χ1n) is 8.55. The molecular weight excluding hydrogens is 246 g/mol. The Morgan fingerprint density at radius 2 is 1.95 bits per heavy atom. The lowest BCUT2D eigenvalue weighted by molar-refractivity contribution is 0.253. The first kappa shape index (κ1) is 15.6. The van der Waals surface area contributed by atoms with Gasteiger partial charge in [-0.05, 0) is 44.2 Å². The average Bonchev–Trinajstić information content (AvgIpc) is 2.99. The van der Waals surface area contributed by atoms with E-state index in [0.717, 1.165) is 24.9 Å². The van der Waals surface area contributed by atoms with Gasteiger partial charge in [-0.25, -0.2) is 4.98 Å². The van der Waals surface area contributed by atoms with Crippen molar-refractivity contribution in [2.45, 2.75) is 64.8 Å². The monoisotopic (exact) mass is 277 g/mol. The molecule has 1 fully saturated rings. The smallest absolute Gasteiger partial charge is 0.0945 e. The third-order valence-corrected chi connectivity index (χ3v) is 4.69. The molecule has 0 spiro atoms. The van der Waals surface area contributed by atoms with E-state index in [1.807, 2.05) is 18.7 Å². The predicted molar refractivity (Wildman–Crippen MR) is 84.7 cm³/mol. The molecule has 0 radical (unpaired) electrons. The maximum atomic E-state index is 4.07. The molecule has 1 heterocycles. The van der Waals surface area contributed by atoms with Crippen LogP contribution in [0.4, 0.5) is 0 Å². The molecular formula is C17H31N3. The molecule has 1 aromatic rings. The van der Waals surface area contributed by atoms with Gasteiger partial charge in [0.15, 0.2) is 0 Å². The summed E-state index contributed by atoms with van der Waals surface area (Å²) in [5, 5.41) is 3.64. The normalized spacial score (nSPS) is 23.1. The Bertz CT molecular complexity index is 326. The van der Waals surface area contributed by atoms with Crippen molar-refractivity contribution in [1.29, 1.82) is 0 Å². The first-order chi connectivity index (χ1) is 9.88. The van der Waals surface area contributed by atoms with Gasteiger partial charge in [0, 0.05) is 18.9 Å². The molecule has 0 aliphatic heterocycles. The van der Waals surface area contributed by atoms with Crippen molar-refractivity contribution in [1.82, 2.24) is 14.9 Å². The molecule has 0 atom stereocenters. The van der Waals surface area contributed by atoms with E-state index in [1.54, 1.807) is 0 Å². The van der Waals surface area contributed by atoms with Crippen molar-refractivity contribution in [3.05, 3.63) is 18.7 Å². The van der Waals surface area contributed by atoms with Crippen molar-refractivity contribution in [3.63, 3.8) is 0 Å². The standard InChI is InChI=1S/C17H31N3/c1-2-3-5-16-6-8-17(9-7-16)14-18-10-4-12-20-13-11-19-15-20/h11,13,15-18H,2-10,12,14H2,1H3. The zero-order valence-electron chi connectivity index (χ0n) is 13.1. The van der Waals surface area contributed by atoms with Crippen LogP contribution in [0.5, 0.6) is 0 Å². The lowest BCUT2D eigenvalue weighted by Crippen LogP contribution is -2.27. The molecule has 0 saturated heterocycles. The van der Waals surface area contributed by atoms with Gasteiger partial charge >= 0.3 is 0 Å². The molecule has 0 unspecified atom stereocenters. The molecule has 114 valence electrons. The molecule has 3 nitrogen and oxygen atoms in total. The quantitative estimate of drug-likeness (QED) is 0.695. The summed E-state index contributed by atoms with van der Waals surface area (Å²) in [5.41, 5.74) is 0. The van der Waals surface area contributed by atoms with Gasteiger partial charge < -0.3 is 9.88 Å². The molecule has 0 amide bonds. The minimum atomic E-state index is 0.932. The Morgan fingerprint density at radius 3 is 2.65 bits per heavy atom. The lowest BCUT2D eigenvalue weighted by Gasteiger charge is -2.28. The summed E-state index contributed by atoms with van der Waals surface area (Å²) in [6.45, 7) is 5.74. The SMILES string of the molecule is CCCCC1CCC(CNCCCn2ccnc2)CC1. The van der Waals surface area contributed by atoms with Gasteiger partial charge in [-0.1, -0.05) is 39.0 Å². The van der Waals surface area contributed by atoms with Crippen LogP contribution in [0.15, 0.2) is 18.7 Å². The van der Waals surface area contributed by atoms with Gasteiger partial charge in [0.1, 0.15) is 0 Å². The summed E-state index contributed by atoms with van der Waals surface area (Å²) in [6.07, 6.45) is 17.1. The van der Waals surface area contributed by atoms with Crippen LogP contribution < -0.4 is 5.32 Å². The summed E-state index contributed by atoms with van der Waals surface area (Å²) in [5.74, 6) is 1.97. The molecule has 1 saturated carbocycles. The minimum Gasteiger partial charge on any atom is -0.337 e. The Labute approximate surface area is 124 Å². The molecule has 20 heavy (non-hydrogen) atoms. The summed E-state index contributed by atoms with van der Waals surface area (Å²) >= 11 is 0. The molecule has 1 aromatic heterocycles. The molecule has 3 heteroatoms. The minimum absolute atomic E-state index is 0.932. The number of imidazole rings is 1. The molecule has 0 bridgehead atoms. The molecule has 1 aliphatic rings. The van der Waals surface area contributed by atoms with Gasteiger partial charge in [0.25, 0.3) is 0 Å². The number of rotatable bonds is 9. The summed E-state index contributed by atoms with van der Waals surface area (Å²) < 4.78 is 2.15. The third-order valence-electron chi connectivity index (χ3n) is 4.69. The second-order valence-electron chi connectivity index (χ2n) is 6.39. The molecule has 0 aromatic carbocycles. The number of nitrogens with zero attached hydrogens (tertiary/aromatic N) is 2. The van der Waals surface area contributed by atoms with E-state index in [4.69, 9.17) is 0 Å². The number of nitrogens with one attached hydrogen (secondary N) is 1. The van der Waals surface area contributed by atoms with Crippen LogP contribution in [-0.2, 0) is 6.54 Å².